The quantitative estimate of drug-likeness (QED) is 0.757. The Bertz CT molecular complexity index is 348. The lowest BCUT2D eigenvalue weighted by Gasteiger charge is -2.20. The highest BCUT2D eigenvalue weighted by Crippen LogP contribution is 2.03. The fourth-order valence-electron chi connectivity index (χ4n) is 1.99. The average Bonchev–Trinajstić information content (AvgIpc) is 2.40. The molecule has 1 rings (SSSR count). The Labute approximate surface area is 116 Å². The van der Waals surface area contributed by atoms with Gasteiger partial charge in [-0.1, -0.05) is 32.0 Å². The number of nitrogens with zero attached hydrogens (tertiary/aromatic N) is 1. The maximum Gasteiger partial charge on any atom is 0.319 e. The van der Waals surface area contributed by atoms with E-state index in [9.17, 15) is 4.79 Å². The van der Waals surface area contributed by atoms with Crippen LogP contribution < -0.4 is 10.6 Å². The molecule has 2 amide bonds. The summed E-state index contributed by atoms with van der Waals surface area (Å²) in [6, 6.07) is 9.34. The predicted octanol–water partition coefficient (Wildman–Crippen LogP) is 2.93. The third kappa shape index (κ3) is 6.82. The van der Waals surface area contributed by atoms with E-state index in [0.29, 0.717) is 6.54 Å². The highest BCUT2D eigenvalue weighted by atomic mass is 16.2. The molecule has 4 nitrogen and oxygen atoms in total. The molecule has 0 fully saturated rings. The molecular formula is C15H25N3O. The normalized spacial score (nSPS) is 10.5. The molecule has 0 atom stereocenters. The fourth-order valence-corrected chi connectivity index (χ4v) is 1.99. The van der Waals surface area contributed by atoms with E-state index < -0.39 is 0 Å². The molecule has 4 heteroatoms. The lowest BCUT2D eigenvalue weighted by molar-refractivity contribution is 0.244. The molecule has 0 aromatic heterocycles. The van der Waals surface area contributed by atoms with Gasteiger partial charge in [0.15, 0.2) is 0 Å². The standard InChI is InChI=1S/C15H25N3O/c1-3-11-18(12-4-2)13-10-16-15(19)17-14-8-6-5-7-9-14/h5-9H,3-4,10-13H2,1-2H3,(H2,16,17,19). The van der Waals surface area contributed by atoms with Crippen LogP contribution in [0.15, 0.2) is 30.3 Å². The minimum Gasteiger partial charge on any atom is -0.337 e. The minimum atomic E-state index is -0.140. The zero-order valence-electron chi connectivity index (χ0n) is 12.0. The Kier molecular flexibility index (Phi) is 7.66. The van der Waals surface area contributed by atoms with E-state index in [-0.39, 0.29) is 6.03 Å². The van der Waals surface area contributed by atoms with E-state index in [0.717, 1.165) is 38.2 Å². The second-order valence-electron chi connectivity index (χ2n) is 4.59. The molecule has 0 aliphatic carbocycles. The van der Waals surface area contributed by atoms with Crippen molar-refractivity contribution < 1.29 is 4.79 Å². The van der Waals surface area contributed by atoms with Gasteiger partial charge in [-0.15, -0.1) is 0 Å². The molecule has 1 aromatic rings. The number of benzene rings is 1. The molecule has 0 unspecified atom stereocenters. The Morgan fingerprint density at radius 1 is 1.05 bits per heavy atom. The van der Waals surface area contributed by atoms with Crippen molar-refractivity contribution in [2.45, 2.75) is 26.7 Å². The number of hydrogen-bond donors (Lipinski definition) is 2. The molecular weight excluding hydrogens is 238 g/mol. The summed E-state index contributed by atoms with van der Waals surface area (Å²) in [5.74, 6) is 0. The first kappa shape index (κ1) is 15.5. The molecule has 0 spiro atoms. The van der Waals surface area contributed by atoms with Gasteiger partial charge in [0.25, 0.3) is 0 Å². The second kappa shape index (κ2) is 9.39. The number of anilines is 1. The van der Waals surface area contributed by atoms with Crippen LogP contribution >= 0.6 is 0 Å². The van der Waals surface area contributed by atoms with E-state index >= 15 is 0 Å². The van der Waals surface area contributed by atoms with Crippen LogP contribution in [0.25, 0.3) is 0 Å². The van der Waals surface area contributed by atoms with Crippen molar-refractivity contribution in [1.29, 1.82) is 0 Å². The van der Waals surface area contributed by atoms with E-state index in [2.05, 4.69) is 29.4 Å². The topological polar surface area (TPSA) is 44.4 Å². The number of amides is 2. The lowest BCUT2D eigenvalue weighted by atomic mass is 10.3. The van der Waals surface area contributed by atoms with E-state index in [1.165, 1.54) is 0 Å². The van der Waals surface area contributed by atoms with Crippen molar-refractivity contribution in [3.05, 3.63) is 30.3 Å². The smallest absolute Gasteiger partial charge is 0.319 e. The third-order valence-corrected chi connectivity index (χ3v) is 2.82. The van der Waals surface area contributed by atoms with Gasteiger partial charge in [0.05, 0.1) is 0 Å². The molecule has 19 heavy (non-hydrogen) atoms. The van der Waals surface area contributed by atoms with Gasteiger partial charge in [-0.3, -0.25) is 0 Å². The molecule has 0 aliphatic rings. The lowest BCUT2D eigenvalue weighted by Crippen LogP contribution is -2.37. The molecule has 1 aromatic carbocycles. The maximum absolute atomic E-state index is 11.7. The van der Waals surface area contributed by atoms with Gasteiger partial charge in [0.1, 0.15) is 0 Å². The molecule has 0 bridgehead atoms. The monoisotopic (exact) mass is 263 g/mol. The Hall–Kier alpha value is -1.55. The molecule has 106 valence electrons. The van der Waals surface area contributed by atoms with Gasteiger partial charge < -0.3 is 15.5 Å². The Morgan fingerprint density at radius 3 is 2.26 bits per heavy atom. The summed E-state index contributed by atoms with van der Waals surface area (Å²) in [6.07, 6.45) is 2.30. The van der Waals surface area contributed by atoms with Crippen molar-refractivity contribution in [1.82, 2.24) is 10.2 Å². The van der Waals surface area contributed by atoms with E-state index in [1.807, 2.05) is 30.3 Å². The molecule has 2 N–H and O–H groups in total. The van der Waals surface area contributed by atoms with Crippen LogP contribution in [0.2, 0.25) is 0 Å². The van der Waals surface area contributed by atoms with Gasteiger partial charge in [-0.05, 0) is 38.1 Å². The van der Waals surface area contributed by atoms with Crippen molar-refractivity contribution in [2.24, 2.45) is 0 Å². The second-order valence-corrected chi connectivity index (χ2v) is 4.59. The number of carbonyl (C=O) groups is 1. The molecule has 0 saturated heterocycles. The number of nitrogens with one attached hydrogen (secondary N) is 2. The third-order valence-electron chi connectivity index (χ3n) is 2.82. The largest absolute Gasteiger partial charge is 0.337 e. The first-order valence-electron chi connectivity index (χ1n) is 7.08. The number of urea groups is 1. The highest BCUT2D eigenvalue weighted by Gasteiger charge is 2.04. The summed E-state index contributed by atoms with van der Waals surface area (Å²) in [6.45, 7) is 8.13. The first-order valence-corrected chi connectivity index (χ1v) is 7.08. The number of rotatable bonds is 8. The zero-order valence-corrected chi connectivity index (χ0v) is 12.0. The van der Waals surface area contributed by atoms with Crippen LogP contribution in [-0.2, 0) is 0 Å². The molecule has 0 aliphatic heterocycles. The van der Waals surface area contributed by atoms with Crippen molar-refractivity contribution in [2.75, 3.05) is 31.5 Å². The summed E-state index contributed by atoms with van der Waals surface area (Å²) in [7, 11) is 0. The fraction of sp³-hybridized carbons (Fsp3) is 0.533. The molecule has 0 saturated carbocycles. The van der Waals surface area contributed by atoms with Gasteiger partial charge >= 0.3 is 6.03 Å². The summed E-state index contributed by atoms with van der Waals surface area (Å²) < 4.78 is 0. The van der Waals surface area contributed by atoms with E-state index in [1.54, 1.807) is 0 Å². The van der Waals surface area contributed by atoms with Crippen LogP contribution in [0.4, 0.5) is 10.5 Å². The summed E-state index contributed by atoms with van der Waals surface area (Å²) >= 11 is 0. The zero-order chi connectivity index (χ0) is 13.9. The van der Waals surface area contributed by atoms with Crippen LogP contribution in [0.1, 0.15) is 26.7 Å². The SMILES string of the molecule is CCCN(CCC)CCNC(=O)Nc1ccccc1. The summed E-state index contributed by atoms with van der Waals surface area (Å²) in [5, 5.41) is 5.70. The first-order chi connectivity index (χ1) is 9.26. The number of carbonyl (C=O) groups excluding carboxylic acids is 1. The van der Waals surface area contributed by atoms with Gasteiger partial charge in [-0.2, -0.15) is 0 Å². The van der Waals surface area contributed by atoms with Crippen LogP contribution in [-0.4, -0.2) is 37.1 Å². The van der Waals surface area contributed by atoms with Crippen LogP contribution in [0, 0.1) is 0 Å². The highest BCUT2D eigenvalue weighted by molar-refractivity contribution is 5.89. The van der Waals surface area contributed by atoms with E-state index in [4.69, 9.17) is 0 Å². The average molecular weight is 263 g/mol. The van der Waals surface area contributed by atoms with Gasteiger partial charge in [-0.25, -0.2) is 4.79 Å². The van der Waals surface area contributed by atoms with Gasteiger partial charge in [0.2, 0.25) is 0 Å². The van der Waals surface area contributed by atoms with Crippen molar-refractivity contribution in [3.8, 4) is 0 Å². The van der Waals surface area contributed by atoms with Gasteiger partial charge in [0, 0.05) is 18.8 Å². The molecule has 0 heterocycles. The summed E-state index contributed by atoms with van der Waals surface area (Å²) in [4.78, 5) is 14.0. The minimum absolute atomic E-state index is 0.140. The van der Waals surface area contributed by atoms with Crippen LogP contribution in [0.5, 0.6) is 0 Å². The maximum atomic E-state index is 11.7. The van der Waals surface area contributed by atoms with Crippen molar-refractivity contribution >= 4 is 11.7 Å². The summed E-state index contributed by atoms with van der Waals surface area (Å²) in [5.41, 5.74) is 0.818. The van der Waals surface area contributed by atoms with Crippen LogP contribution in [0.3, 0.4) is 0 Å². The predicted molar refractivity (Wildman–Crippen MR) is 80.5 cm³/mol. The number of hydrogen-bond acceptors (Lipinski definition) is 2. The molecule has 0 radical (unpaired) electrons. The number of para-hydroxylation sites is 1. The Morgan fingerprint density at radius 2 is 1.68 bits per heavy atom. The van der Waals surface area contributed by atoms with Crippen molar-refractivity contribution in [3.63, 3.8) is 0 Å². The Balaban J connectivity index is 2.22.